The van der Waals surface area contributed by atoms with Gasteiger partial charge in [-0.15, -0.1) is 0 Å². The molecule has 12 heavy (non-hydrogen) atoms. The van der Waals surface area contributed by atoms with Crippen molar-refractivity contribution in [3.05, 3.63) is 11.8 Å². The van der Waals surface area contributed by atoms with Gasteiger partial charge in [0.25, 0.3) is 0 Å². The summed E-state index contributed by atoms with van der Waals surface area (Å²) in [7, 11) is 0. The normalized spacial score (nSPS) is 24.7. The summed E-state index contributed by atoms with van der Waals surface area (Å²) in [5, 5.41) is 2.48. The molecule has 70 valence electrons. The number of hydrogen-bond donors (Lipinski definition) is 1. The Balaban J connectivity index is 2.61. The highest BCUT2D eigenvalue weighted by atomic mass is 19.4. The summed E-state index contributed by atoms with van der Waals surface area (Å²) in [6.07, 6.45) is -0.899. The number of halogens is 3. The van der Waals surface area contributed by atoms with Crippen LogP contribution in [0.5, 0.6) is 0 Å². The van der Waals surface area contributed by atoms with E-state index in [0.29, 0.717) is 6.42 Å². The monoisotopic (exact) mass is 179 g/mol. The lowest BCUT2D eigenvalue weighted by Crippen LogP contribution is -2.37. The van der Waals surface area contributed by atoms with Crippen molar-refractivity contribution in [1.82, 2.24) is 5.32 Å². The van der Waals surface area contributed by atoms with Gasteiger partial charge in [-0.2, -0.15) is 13.2 Å². The Morgan fingerprint density at radius 1 is 1.58 bits per heavy atom. The van der Waals surface area contributed by atoms with Gasteiger partial charge in [0.15, 0.2) is 0 Å². The topological polar surface area (TPSA) is 12.0 Å². The maximum Gasteiger partial charge on any atom is 0.430 e. The van der Waals surface area contributed by atoms with Crippen LogP contribution in [0.15, 0.2) is 11.8 Å². The Hall–Kier alpha value is -0.670. The number of rotatable bonds is 1. The van der Waals surface area contributed by atoms with Crippen LogP contribution in [0.4, 0.5) is 13.2 Å². The third-order valence-corrected chi connectivity index (χ3v) is 2.02. The molecule has 0 saturated carbocycles. The van der Waals surface area contributed by atoms with Gasteiger partial charge in [0.05, 0.1) is 0 Å². The molecule has 1 atom stereocenters. The van der Waals surface area contributed by atoms with E-state index in [2.05, 4.69) is 5.32 Å². The van der Waals surface area contributed by atoms with E-state index in [1.807, 2.05) is 6.92 Å². The van der Waals surface area contributed by atoms with Crippen molar-refractivity contribution < 1.29 is 13.2 Å². The molecular formula is C8H12F3N. The van der Waals surface area contributed by atoms with Crippen molar-refractivity contribution in [3.63, 3.8) is 0 Å². The van der Waals surface area contributed by atoms with Gasteiger partial charge < -0.3 is 5.32 Å². The van der Waals surface area contributed by atoms with Crippen LogP contribution < -0.4 is 5.32 Å². The molecule has 0 spiro atoms. The molecule has 4 heteroatoms. The summed E-state index contributed by atoms with van der Waals surface area (Å²) in [4.78, 5) is 0. The van der Waals surface area contributed by atoms with Gasteiger partial charge in [-0.05, 0) is 19.3 Å². The van der Waals surface area contributed by atoms with Crippen molar-refractivity contribution in [1.29, 1.82) is 0 Å². The van der Waals surface area contributed by atoms with Gasteiger partial charge >= 0.3 is 6.18 Å². The second-order valence-corrected chi connectivity index (χ2v) is 2.94. The largest absolute Gasteiger partial charge is 0.430 e. The van der Waals surface area contributed by atoms with E-state index in [9.17, 15) is 13.2 Å². The number of nitrogens with one attached hydrogen (secondary N) is 1. The quantitative estimate of drug-likeness (QED) is 0.652. The minimum Gasteiger partial charge on any atom is -0.379 e. The van der Waals surface area contributed by atoms with Crippen LogP contribution in [-0.4, -0.2) is 12.2 Å². The lowest BCUT2D eigenvalue weighted by atomic mass is 10.0. The smallest absolute Gasteiger partial charge is 0.379 e. The molecule has 0 aromatic carbocycles. The molecule has 1 rings (SSSR count). The molecule has 0 saturated heterocycles. The first-order valence-corrected chi connectivity index (χ1v) is 4.08. The van der Waals surface area contributed by atoms with Crippen molar-refractivity contribution >= 4 is 0 Å². The lowest BCUT2D eigenvalue weighted by Gasteiger charge is -2.25. The molecule has 0 amide bonds. The summed E-state index contributed by atoms with van der Waals surface area (Å²) >= 11 is 0. The summed E-state index contributed by atoms with van der Waals surface area (Å²) in [6.45, 7) is 1.89. The van der Waals surface area contributed by atoms with Crippen LogP contribution in [0.3, 0.4) is 0 Å². The Morgan fingerprint density at radius 2 is 2.25 bits per heavy atom. The van der Waals surface area contributed by atoms with Crippen molar-refractivity contribution in [2.75, 3.05) is 0 Å². The average molecular weight is 179 g/mol. The predicted molar refractivity (Wildman–Crippen MR) is 40.6 cm³/mol. The Bertz CT molecular complexity index is 183. The highest BCUT2D eigenvalue weighted by molar-refractivity contribution is 5.10. The average Bonchev–Trinajstić information content (AvgIpc) is 2.03. The maximum absolute atomic E-state index is 12.1. The number of allylic oxidation sites excluding steroid dienone is 2. The Kier molecular flexibility index (Phi) is 2.65. The van der Waals surface area contributed by atoms with E-state index in [1.54, 1.807) is 0 Å². The van der Waals surface area contributed by atoms with E-state index in [1.165, 1.54) is 6.08 Å². The summed E-state index contributed by atoms with van der Waals surface area (Å²) in [5.41, 5.74) is -0.569. The van der Waals surface area contributed by atoms with Gasteiger partial charge in [0.1, 0.15) is 5.70 Å². The zero-order valence-corrected chi connectivity index (χ0v) is 6.91. The predicted octanol–water partition coefficient (Wildman–Crippen LogP) is 2.59. The molecule has 0 aliphatic carbocycles. The molecule has 1 nitrogen and oxygen atoms in total. The first-order chi connectivity index (χ1) is 5.54. The van der Waals surface area contributed by atoms with E-state index in [0.717, 1.165) is 12.8 Å². The molecule has 0 aromatic rings. The van der Waals surface area contributed by atoms with Crippen LogP contribution in [0, 0.1) is 0 Å². The zero-order chi connectivity index (χ0) is 9.19. The van der Waals surface area contributed by atoms with Gasteiger partial charge in [0, 0.05) is 6.04 Å². The first kappa shape index (κ1) is 9.42. The standard InChI is InChI=1S/C8H12F3N/c1-2-6-4-3-5-7(12-6)8(9,10)11/h5-6,12H,2-4H2,1H3. The molecule has 1 aliphatic heterocycles. The van der Waals surface area contributed by atoms with E-state index >= 15 is 0 Å². The highest BCUT2D eigenvalue weighted by Gasteiger charge is 2.35. The summed E-state index contributed by atoms with van der Waals surface area (Å²) < 4.78 is 36.4. The van der Waals surface area contributed by atoms with Gasteiger partial charge in [0.2, 0.25) is 0 Å². The fraction of sp³-hybridized carbons (Fsp3) is 0.750. The fourth-order valence-corrected chi connectivity index (χ4v) is 1.28. The zero-order valence-electron chi connectivity index (χ0n) is 6.91. The van der Waals surface area contributed by atoms with E-state index < -0.39 is 11.9 Å². The van der Waals surface area contributed by atoms with E-state index in [4.69, 9.17) is 0 Å². The molecule has 1 N–H and O–H groups in total. The Labute approximate surface area is 69.6 Å². The van der Waals surface area contributed by atoms with Crippen molar-refractivity contribution in [2.45, 2.75) is 38.4 Å². The molecule has 1 aliphatic rings. The molecule has 0 aromatic heterocycles. The van der Waals surface area contributed by atoms with Gasteiger partial charge in [-0.3, -0.25) is 0 Å². The molecule has 0 bridgehead atoms. The van der Waals surface area contributed by atoms with Gasteiger partial charge in [-0.1, -0.05) is 13.0 Å². The lowest BCUT2D eigenvalue weighted by molar-refractivity contribution is -0.0990. The van der Waals surface area contributed by atoms with Gasteiger partial charge in [-0.25, -0.2) is 0 Å². The summed E-state index contributed by atoms with van der Waals surface area (Å²) in [5.74, 6) is 0. The van der Waals surface area contributed by atoms with Crippen molar-refractivity contribution in [2.24, 2.45) is 0 Å². The molecule has 1 unspecified atom stereocenters. The second-order valence-electron chi connectivity index (χ2n) is 2.94. The Morgan fingerprint density at radius 3 is 2.75 bits per heavy atom. The number of hydrogen-bond acceptors (Lipinski definition) is 1. The number of alkyl halides is 3. The van der Waals surface area contributed by atoms with Crippen LogP contribution in [0.1, 0.15) is 26.2 Å². The van der Waals surface area contributed by atoms with Crippen LogP contribution >= 0.6 is 0 Å². The molecule has 1 heterocycles. The van der Waals surface area contributed by atoms with Crippen LogP contribution in [-0.2, 0) is 0 Å². The van der Waals surface area contributed by atoms with Crippen LogP contribution in [0.25, 0.3) is 0 Å². The minimum absolute atomic E-state index is 0.00775. The third kappa shape index (κ3) is 2.16. The second kappa shape index (κ2) is 3.37. The maximum atomic E-state index is 12.1. The van der Waals surface area contributed by atoms with Crippen molar-refractivity contribution in [3.8, 4) is 0 Å². The SMILES string of the molecule is CCC1CCC=C(C(F)(F)F)N1. The molecular weight excluding hydrogens is 167 g/mol. The third-order valence-electron chi connectivity index (χ3n) is 2.02. The summed E-state index contributed by atoms with van der Waals surface area (Å²) in [6, 6.07) is -0.00775. The fourth-order valence-electron chi connectivity index (χ4n) is 1.28. The minimum atomic E-state index is -4.20. The molecule has 0 fully saturated rings. The van der Waals surface area contributed by atoms with Crippen LogP contribution in [0.2, 0.25) is 0 Å². The molecule has 0 radical (unpaired) electrons. The highest BCUT2D eigenvalue weighted by Crippen LogP contribution is 2.27. The van der Waals surface area contributed by atoms with E-state index in [-0.39, 0.29) is 6.04 Å². The first-order valence-electron chi connectivity index (χ1n) is 4.08.